The number of morpholine rings is 1. The fourth-order valence-corrected chi connectivity index (χ4v) is 2.91. The highest BCUT2D eigenvalue weighted by Gasteiger charge is 2.15. The van der Waals surface area contributed by atoms with Crippen molar-refractivity contribution >= 4 is 16.7 Å². The van der Waals surface area contributed by atoms with Crippen LogP contribution in [-0.4, -0.2) is 31.3 Å². The molecule has 1 aliphatic rings. The highest BCUT2D eigenvalue weighted by molar-refractivity contribution is 5.86. The van der Waals surface area contributed by atoms with Gasteiger partial charge in [-0.25, -0.2) is 0 Å². The summed E-state index contributed by atoms with van der Waals surface area (Å²) >= 11 is 0. The van der Waals surface area contributed by atoms with Gasteiger partial charge < -0.3 is 19.4 Å². The lowest BCUT2D eigenvalue weighted by Crippen LogP contribution is -2.37. The van der Waals surface area contributed by atoms with E-state index in [1.54, 1.807) is 6.07 Å². The van der Waals surface area contributed by atoms with Crippen LogP contribution in [0.4, 0.5) is 5.82 Å². The first kappa shape index (κ1) is 14.8. The van der Waals surface area contributed by atoms with Crippen LogP contribution in [0.1, 0.15) is 0 Å². The number of rotatable bonds is 3. The predicted octanol–water partition coefficient (Wildman–Crippen LogP) is 3.16. The maximum atomic E-state index is 12.5. The summed E-state index contributed by atoms with van der Waals surface area (Å²) in [6, 6.07) is 16.7. The van der Waals surface area contributed by atoms with Gasteiger partial charge in [0.25, 0.3) is 0 Å². The number of nitrogens with zero attached hydrogens (tertiary/aromatic N) is 1. The highest BCUT2D eigenvalue weighted by atomic mass is 16.5. The third-order valence-corrected chi connectivity index (χ3v) is 4.14. The van der Waals surface area contributed by atoms with Crippen LogP contribution in [0, 0.1) is 0 Å². The average Bonchev–Trinajstić information content (AvgIpc) is 2.64. The van der Waals surface area contributed by atoms with Gasteiger partial charge in [0.15, 0.2) is 11.2 Å². The summed E-state index contributed by atoms with van der Waals surface area (Å²) < 4.78 is 11.4. The Kier molecular flexibility index (Phi) is 3.92. The number of pyridine rings is 1. The molecule has 0 unspecified atom stereocenters. The lowest BCUT2D eigenvalue weighted by Gasteiger charge is -2.28. The highest BCUT2D eigenvalue weighted by Crippen LogP contribution is 2.28. The number of hydrogen-bond acceptors (Lipinski definition) is 4. The van der Waals surface area contributed by atoms with E-state index in [-0.39, 0.29) is 5.43 Å². The number of benzene rings is 2. The van der Waals surface area contributed by atoms with Crippen molar-refractivity contribution in [3.63, 3.8) is 0 Å². The molecule has 1 aromatic heterocycles. The van der Waals surface area contributed by atoms with Gasteiger partial charge in [-0.3, -0.25) is 4.79 Å². The summed E-state index contributed by atoms with van der Waals surface area (Å²) in [7, 11) is 0. The van der Waals surface area contributed by atoms with E-state index in [9.17, 15) is 4.79 Å². The minimum atomic E-state index is -0.0104. The molecule has 5 heteroatoms. The molecule has 0 radical (unpaired) electrons. The second-order valence-corrected chi connectivity index (χ2v) is 5.71. The Bertz CT molecular complexity index is 899. The van der Waals surface area contributed by atoms with Crippen molar-refractivity contribution in [2.45, 2.75) is 0 Å². The summed E-state index contributed by atoms with van der Waals surface area (Å²) in [6.07, 6.45) is 0. The number of ether oxygens (including phenoxy) is 2. The number of hydrogen-bond donors (Lipinski definition) is 1. The largest absolute Gasteiger partial charge is 0.455 e. The van der Waals surface area contributed by atoms with Crippen molar-refractivity contribution in [1.82, 2.24) is 4.98 Å². The van der Waals surface area contributed by atoms with E-state index in [1.807, 2.05) is 48.5 Å². The molecule has 0 bridgehead atoms. The zero-order valence-electron chi connectivity index (χ0n) is 13.2. The molecule has 2 heterocycles. The van der Waals surface area contributed by atoms with Gasteiger partial charge in [0, 0.05) is 24.5 Å². The number of H-pyrrole nitrogens is 1. The van der Waals surface area contributed by atoms with Crippen LogP contribution in [0.15, 0.2) is 59.4 Å². The molecule has 1 N–H and O–H groups in total. The van der Waals surface area contributed by atoms with Crippen molar-refractivity contribution in [3.05, 3.63) is 64.8 Å². The standard InChI is InChI=1S/C19H18N2O3/c22-16-13-18(21-9-11-23-12-10-21)20-19-15(16)7-4-8-17(19)24-14-5-2-1-3-6-14/h1-8,13H,9-12H2,(H,20,22). The Hall–Kier alpha value is -2.79. The molecule has 1 saturated heterocycles. The first-order valence-corrected chi connectivity index (χ1v) is 8.03. The van der Waals surface area contributed by atoms with Gasteiger partial charge >= 0.3 is 0 Å². The predicted molar refractivity (Wildman–Crippen MR) is 94.1 cm³/mol. The molecule has 0 aliphatic carbocycles. The fourth-order valence-electron chi connectivity index (χ4n) is 2.91. The Morgan fingerprint density at radius 2 is 1.79 bits per heavy atom. The zero-order valence-corrected chi connectivity index (χ0v) is 13.2. The molecule has 1 aliphatic heterocycles. The SMILES string of the molecule is O=c1cc(N2CCOCC2)[nH]c2c(Oc3ccccc3)cccc12. The van der Waals surface area contributed by atoms with Gasteiger partial charge in [0.1, 0.15) is 11.6 Å². The Labute approximate surface area is 139 Å². The van der Waals surface area contributed by atoms with Gasteiger partial charge in [-0.15, -0.1) is 0 Å². The molecule has 122 valence electrons. The topological polar surface area (TPSA) is 54.6 Å². The Morgan fingerprint density at radius 1 is 1.00 bits per heavy atom. The summed E-state index contributed by atoms with van der Waals surface area (Å²) in [4.78, 5) is 18.0. The van der Waals surface area contributed by atoms with E-state index in [0.717, 1.165) is 30.2 Å². The number of aromatic amines is 1. The lowest BCUT2D eigenvalue weighted by atomic mass is 10.2. The molecule has 0 spiro atoms. The van der Waals surface area contributed by atoms with Crippen LogP contribution < -0.4 is 15.1 Å². The van der Waals surface area contributed by atoms with E-state index >= 15 is 0 Å². The van der Waals surface area contributed by atoms with Crippen molar-refractivity contribution in [2.24, 2.45) is 0 Å². The molecule has 24 heavy (non-hydrogen) atoms. The molecule has 3 aromatic rings. The monoisotopic (exact) mass is 322 g/mol. The normalized spacial score (nSPS) is 14.8. The minimum absolute atomic E-state index is 0.0104. The maximum absolute atomic E-state index is 12.5. The summed E-state index contributed by atoms with van der Waals surface area (Å²) in [5.41, 5.74) is 0.707. The summed E-state index contributed by atoms with van der Waals surface area (Å²) in [6.45, 7) is 2.87. The van der Waals surface area contributed by atoms with Crippen LogP contribution in [0.5, 0.6) is 11.5 Å². The minimum Gasteiger partial charge on any atom is -0.455 e. The van der Waals surface area contributed by atoms with Crippen LogP contribution in [0.25, 0.3) is 10.9 Å². The quantitative estimate of drug-likeness (QED) is 0.805. The van der Waals surface area contributed by atoms with Crippen molar-refractivity contribution in [1.29, 1.82) is 0 Å². The molecule has 0 atom stereocenters. The Morgan fingerprint density at radius 3 is 2.58 bits per heavy atom. The van der Waals surface area contributed by atoms with E-state index in [0.29, 0.717) is 24.3 Å². The molecule has 4 rings (SSSR count). The molecular weight excluding hydrogens is 304 g/mol. The van der Waals surface area contributed by atoms with E-state index in [1.165, 1.54) is 0 Å². The smallest absolute Gasteiger partial charge is 0.191 e. The zero-order chi connectivity index (χ0) is 16.4. The van der Waals surface area contributed by atoms with Crippen molar-refractivity contribution in [3.8, 4) is 11.5 Å². The summed E-state index contributed by atoms with van der Waals surface area (Å²) in [5, 5.41) is 0.625. The van der Waals surface area contributed by atoms with Crippen LogP contribution >= 0.6 is 0 Å². The summed E-state index contributed by atoms with van der Waals surface area (Å²) in [5.74, 6) is 2.19. The van der Waals surface area contributed by atoms with E-state index < -0.39 is 0 Å². The fraction of sp³-hybridized carbons (Fsp3) is 0.211. The van der Waals surface area contributed by atoms with E-state index in [2.05, 4.69) is 9.88 Å². The van der Waals surface area contributed by atoms with Gasteiger partial charge in [-0.2, -0.15) is 0 Å². The van der Waals surface area contributed by atoms with Crippen molar-refractivity contribution in [2.75, 3.05) is 31.2 Å². The molecular formula is C19H18N2O3. The van der Waals surface area contributed by atoms with E-state index in [4.69, 9.17) is 9.47 Å². The second-order valence-electron chi connectivity index (χ2n) is 5.71. The van der Waals surface area contributed by atoms with Gasteiger partial charge in [-0.1, -0.05) is 24.3 Å². The maximum Gasteiger partial charge on any atom is 0.191 e. The number of anilines is 1. The Balaban J connectivity index is 1.79. The van der Waals surface area contributed by atoms with Crippen LogP contribution in [0.3, 0.4) is 0 Å². The lowest BCUT2D eigenvalue weighted by molar-refractivity contribution is 0.122. The molecule has 0 saturated carbocycles. The number of aromatic nitrogens is 1. The van der Waals surface area contributed by atoms with Gasteiger partial charge in [-0.05, 0) is 24.3 Å². The first-order chi connectivity index (χ1) is 11.8. The second kappa shape index (κ2) is 6.37. The number of nitrogens with one attached hydrogen (secondary N) is 1. The van der Waals surface area contributed by atoms with Gasteiger partial charge in [0.2, 0.25) is 0 Å². The molecule has 0 amide bonds. The first-order valence-electron chi connectivity index (χ1n) is 8.03. The number of fused-ring (bicyclic) bond motifs is 1. The third kappa shape index (κ3) is 2.86. The van der Waals surface area contributed by atoms with Crippen LogP contribution in [-0.2, 0) is 4.74 Å². The van der Waals surface area contributed by atoms with Gasteiger partial charge in [0.05, 0.1) is 18.7 Å². The number of para-hydroxylation sites is 2. The third-order valence-electron chi connectivity index (χ3n) is 4.14. The average molecular weight is 322 g/mol. The molecule has 1 fully saturated rings. The molecule has 2 aromatic carbocycles. The van der Waals surface area contributed by atoms with Crippen LogP contribution in [0.2, 0.25) is 0 Å². The molecule has 5 nitrogen and oxygen atoms in total. The van der Waals surface area contributed by atoms with Crippen molar-refractivity contribution < 1.29 is 9.47 Å².